The second kappa shape index (κ2) is 6.40. The van der Waals surface area contributed by atoms with E-state index in [1.54, 1.807) is 14.2 Å². The predicted molar refractivity (Wildman–Crippen MR) is 102 cm³/mol. The molecule has 3 nitrogen and oxygen atoms in total. The lowest BCUT2D eigenvalue weighted by molar-refractivity contribution is -0.601. The first-order chi connectivity index (χ1) is 11.8. The van der Waals surface area contributed by atoms with E-state index in [0.717, 1.165) is 28.0 Å². The number of nitrogens with zero attached hydrogens (tertiary/aromatic N) is 1. The van der Waals surface area contributed by atoms with Gasteiger partial charge in [0.2, 0.25) is 5.69 Å². The van der Waals surface area contributed by atoms with E-state index in [1.165, 1.54) is 11.3 Å². The van der Waals surface area contributed by atoms with Crippen molar-refractivity contribution in [1.29, 1.82) is 0 Å². The van der Waals surface area contributed by atoms with Gasteiger partial charge in [-0.25, -0.2) is 0 Å². The standard InChI is InChI=1S/C22H26NO2/c1-15-19-14-21(25-6)20(24-5)13-16(19)11-12-23(15)18-9-7-17(8-10-18)22(2,3)4/h7-14H,1-6H3/q+1. The van der Waals surface area contributed by atoms with Gasteiger partial charge in [-0.2, -0.15) is 4.57 Å². The van der Waals surface area contributed by atoms with Crippen LogP contribution in [-0.2, 0) is 5.41 Å². The van der Waals surface area contributed by atoms with Gasteiger partial charge in [0.05, 0.1) is 19.6 Å². The molecule has 3 rings (SSSR count). The Morgan fingerprint density at radius 1 is 0.840 bits per heavy atom. The molecule has 0 aliphatic rings. The summed E-state index contributed by atoms with van der Waals surface area (Å²) in [6.07, 6.45) is 2.11. The molecule has 0 radical (unpaired) electrons. The quantitative estimate of drug-likeness (QED) is 0.645. The number of aromatic nitrogens is 1. The summed E-state index contributed by atoms with van der Waals surface area (Å²) in [5.41, 5.74) is 3.82. The molecule has 1 heterocycles. The lowest BCUT2D eigenvalue weighted by atomic mass is 9.87. The maximum Gasteiger partial charge on any atom is 0.210 e. The van der Waals surface area contributed by atoms with Gasteiger partial charge in [-0.3, -0.25) is 0 Å². The van der Waals surface area contributed by atoms with Gasteiger partial charge in [0.25, 0.3) is 0 Å². The highest BCUT2D eigenvalue weighted by Gasteiger charge is 2.18. The molecular formula is C22H26NO2+. The lowest BCUT2D eigenvalue weighted by Gasteiger charge is -2.18. The van der Waals surface area contributed by atoms with Gasteiger partial charge in [-0.05, 0) is 28.5 Å². The van der Waals surface area contributed by atoms with Crippen molar-refractivity contribution in [2.45, 2.75) is 33.1 Å². The van der Waals surface area contributed by atoms with Gasteiger partial charge in [0.1, 0.15) is 0 Å². The van der Waals surface area contributed by atoms with E-state index >= 15 is 0 Å². The third-order valence-electron chi connectivity index (χ3n) is 4.72. The number of methoxy groups -OCH3 is 2. The van der Waals surface area contributed by atoms with Gasteiger partial charge in [0.15, 0.2) is 23.4 Å². The average molecular weight is 336 g/mol. The zero-order valence-corrected chi connectivity index (χ0v) is 15.9. The summed E-state index contributed by atoms with van der Waals surface area (Å²) in [5, 5.41) is 2.29. The number of hydrogen-bond acceptors (Lipinski definition) is 2. The van der Waals surface area contributed by atoms with Crippen molar-refractivity contribution >= 4 is 10.8 Å². The highest BCUT2D eigenvalue weighted by atomic mass is 16.5. The molecule has 0 atom stereocenters. The number of pyridine rings is 1. The molecule has 0 aliphatic heterocycles. The van der Waals surface area contributed by atoms with E-state index < -0.39 is 0 Å². The molecule has 0 saturated heterocycles. The maximum atomic E-state index is 5.46. The molecule has 0 saturated carbocycles. The third kappa shape index (κ3) is 3.19. The SMILES string of the molecule is COc1cc2cc[n+](-c3ccc(C(C)(C)C)cc3)c(C)c2cc1OC. The Hall–Kier alpha value is -2.55. The minimum atomic E-state index is 0.158. The first kappa shape index (κ1) is 17.3. The Balaban J connectivity index is 2.13. The molecule has 130 valence electrons. The minimum Gasteiger partial charge on any atom is -0.493 e. The predicted octanol–water partition coefficient (Wildman–Crippen LogP) is 4.74. The number of ether oxygens (including phenoxy) is 2. The summed E-state index contributed by atoms with van der Waals surface area (Å²) in [5.74, 6) is 1.50. The Morgan fingerprint density at radius 2 is 1.44 bits per heavy atom. The zero-order chi connectivity index (χ0) is 18.2. The van der Waals surface area contributed by atoms with Crippen LogP contribution in [0.1, 0.15) is 32.0 Å². The Bertz CT molecular complexity index is 906. The van der Waals surface area contributed by atoms with Crippen LogP contribution in [0, 0.1) is 6.92 Å². The van der Waals surface area contributed by atoms with Crippen LogP contribution in [0.5, 0.6) is 11.5 Å². The topological polar surface area (TPSA) is 22.3 Å². The highest BCUT2D eigenvalue weighted by molar-refractivity contribution is 5.87. The summed E-state index contributed by atoms with van der Waals surface area (Å²) < 4.78 is 13.1. The van der Waals surface area contributed by atoms with E-state index in [9.17, 15) is 0 Å². The van der Waals surface area contributed by atoms with Gasteiger partial charge in [-0.1, -0.05) is 32.9 Å². The van der Waals surface area contributed by atoms with Crippen molar-refractivity contribution in [3.63, 3.8) is 0 Å². The number of hydrogen-bond donors (Lipinski definition) is 0. The molecule has 0 spiro atoms. The summed E-state index contributed by atoms with van der Waals surface area (Å²) >= 11 is 0. The minimum absolute atomic E-state index is 0.158. The number of rotatable bonds is 3. The summed E-state index contributed by atoms with van der Waals surface area (Å²) in [7, 11) is 3.33. The van der Waals surface area contributed by atoms with Gasteiger partial charge < -0.3 is 9.47 Å². The van der Waals surface area contributed by atoms with Crippen LogP contribution in [0.25, 0.3) is 16.5 Å². The van der Waals surface area contributed by atoms with Gasteiger partial charge >= 0.3 is 0 Å². The molecule has 0 bridgehead atoms. The molecule has 2 aromatic carbocycles. The molecule has 0 aliphatic carbocycles. The van der Waals surface area contributed by atoms with Crippen molar-refractivity contribution in [3.8, 4) is 17.2 Å². The van der Waals surface area contributed by atoms with Crippen LogP contribution in [0.15, 0.2) is 48.7 Å². The fourth-order valence-electron chi connectivity index (χ4n) is 3.14. The van der Waals surface area contributed by atoms with E-state index in [1.807, 2.05) is 12.1 Å². The highest BCUT2D eigenvalue weighted by Crippen LogP contribution is 2.32. The van der Waals surface area contributed by atoms with E-state index in [-0.39, 0.29) is 5.41 Å². The van der Waals surface area contributed by atoms with Crippen molar-refractivity contribution in [2.75, 3.05) is 14.2 Å². The van der Waals surface area contributed by atoms with Crippen LogP contribution in [0.2, 0.25) is 0 Å². The number of benzene rings is 2. The van der Waals surface area contributed by atoms with Gasteiger partial charge in [-0.15, -0.1) is 0 Å². The van der Waals surface area contributed by atoms with E-state index in [2.05, 4.69) is 68.8 Å². The second-order valence-electron chi connectivity index (χ2n) is 7.36. The van der Waals surface area contributed by atoms with Crippen LogP contribution in [0.4, 0.5) is 0 Å². The smallest absolute Gasteiger partial charge is 0.210 e. The summed E-state index contributed by atoms with van der Waals surface area (Å²) in [6, 6.07) is 15.0. The molecular weight excluding hydrogens is 310 g/mol. The Kier molecular flexibility index (Phi) is 4.42. The maximum absolute atomic E-state index is 5.46. The van der Waals surface area contributed by atoms with Crippen LogP contribution >= 0.6 is 0 Å². The Morgan fingerprint density at radius 3 is 2.00 bits per heavy atom. The van der Waals surface area contributed by atoms with Crippen molar-refractivity contribution in [1.82, 2.24) is 0 Å². The summed E-state index contributed by atoms with van der Waals surface area (Å²) in [4.78, 5) is 0. The monoisotopic (exact) mass is 336 g/mol. The first-order valence-electron chi connectivity index (χ1n) is 8.53. The third-order valence-corrected chi connectivity index (χ3v) is 4.72. The van der Waals surface area contributed by atoms with E-state index in [0.29, 0.717) is 0 Å². The molecule has 25 heavy (non-hydrogen) atoms. The molecule has 3 heteroatoms. The number of fused-ring (bicyclic) bond motifs is 1. The average Bonchev–Trinajstić information content (AvgIpc) is 2.60. The molecule has 0 fully saturated rings. The normalized spacial score (nSPS) is 11.6. The second-order valence-corrected chi connectivity index (χ2v) is 7.36. The van der Waals surface area contributed by atoms with E-state index in [4.69, 9.17) is 9.47 Å². The molecule has 1 aromatic heterocycles. The molecule has 0 N–H and O–H groups in total. The molecule has 3 aromatic rings. The Labute approximate surface area is 149 Å². The molecule has 0 unspecified atom stereocenters. The van der Waals surface area contributed by atoms with Crippen molar-refractivity contribution in [2.24, 2.45) is 0 Å². The van der Waals surface area contributed by atoms with Crippen LogP contribution < -0.4 is 14.0 Å². The fraction of sp³-hybridized carbons (Fsp3) is 0.318. The zero-order valence-electron chi connectivity index (χ0n) is 15.9. The summed E-state index contributed by atoms with van der Waals surface area (Å²) in [6.45, 7) is 8.83. The first-order valence-corrected chi connectivity index (χ1v) is 8.53. The lowest BCUT2D eigenvalue weighted by Crippen LogP contribution is -2.33. The largest absolute Gasteiger partial charge is 0.493 e. The van der Waals surface area contributed by atoms with Crippen molar-refractivity contribution < 1.29 is 14.0 Å². The molecule has 0 amide bonds. The number of aryl methyl sites for hydroxylation is 1. The van der Waals surface area contributed by atoms with Crippen molar-refractivity contribution in [3.05, 3.63) is 59.9 Å². The van der Waals surface area contributed by atoms with Gasteiger partial charge in [0, 0.05) is 25.1 Å². The fourth-order valence-corrected chi connectivity index (χ4v) is 3.14. The van der Waals surface area contributed by atoms with Crippen LogP contribution in [0.3, 0.4) is 0 Å². The van der Waals surface area contributed by atoms with Crippen LogP contribution in [-0.4, -0.2) is 14.2 Å².